The van der Waals surface area contributed by atoms with Gasteiger partial charge in [0.25, 0.3) is 5.91 Å². The Labute approximate surface area is 94.3 Å². The predicted molar refractivity (Wildman–Crippen MR) is 61.1 cm³/mol. The number of carbonyl (C=O) groups is 1. The minimum absolute atomic E-state index is 0.161. The number of amides is 1. The summed E-state index contributed by atoms with van der Waals surface area (Å²) in [5, 5.41) is 2.90. The summed E-state index contributed by atoms with van der Waals surface area (Å²) in [7, 11) is 1.75. The number of halogens is 1. The molecule has 0 aliphatic carbocycles. The van der Waals surface area contributed by atoms with Crippen LogP contribution in [0.3, 0.4) is 0 Å². The van der Waals surface area contributed by atoms with Crippen molar-refractivity contribution in [2.75, 3.05) is 25.5 Å². The maximum atomic E-state index is 13.5. The molecule has 1 fully saturated rings. The van der Waals surface area contributed by atoms with E-state index in [9.17, 15) is 9.18 Å². The van der Waals surface area contributed by atoms with Crippen molar-refractivity contribution in [3.8, 4) is 0 Å². The molecule has 0 saturated carbocycles. The smallest absolute Gasteiger partial charge is 0.256 e. The molecule has 1 saturated heterocycles. The normalized spacial score (nSPS) is 15.2. The van der Waals surface area contributed by atoms with Crippen LogP contribution in [0.1, 0.15) is 23.2 Å². The minimum atomic E-state index is -0.448. The Morgan fingerprint density at radius 2 is 2.06 bits per heavy atom. The summed E-state index contributed by atoms with van der Waals surface area (Å²) in [6, 6.07) is 4.52. The number of hydrogen-bond donors (Lipinski definition) is 1. The minimum Gasteiger partial charge on any atom is -0.388 e. The third-order valence-corrected chi connectivity index (χ3v) is 2.88. The Morgan fingerprint density at radius 3 is 2.69 bits per heavy atom. The fourth-order valence-electron chi connectivity index (χ4n) is 1.94. The zero-order valence-electron chi connectivity index (χ0n) is 9.29. The molecule has 2 rings (SSSR count). The SMILES string of the molecule is CNc1ccc(F)c(C(=O)N2CCCC2)c1. The summed E-state index contributed by atoms with van der Waals surface area (Å²) in [6.07, 6.45) is 2.03. The average Bonchev–Trinajstić information content (AvgIpc) is 2.82. The first kappa shape index (κ1) is 10.9. The predicted octanol–water partition coefficient (Wildman–Crippen LogP) is 2.10. The highest BCUT2D eigenvalue weighted by atomic mass is 19.1. The van der Waals surface area contributed by atoms with Crippen molar-refractivity contribution in [3.63, 3.8) is 0 Å². The van der Waals surface area contributed by atoms with Crippen molar-refractivity contribution in [1.29, 1.82) is 0 Å². The molecule has 3 nitrogen and oxygen atoms in total. The molecule has 0 atom stereocenters. The lowest BCUT2D eigenvalue weighted by molar-refractivity contribution is 0.0788. The monoisotopic (exact) mass is 222 g/mol. The van der Waals surface area contributed by atoms with Gasteiger partial charge in [-0.15, -0.1) is 0 Å². The van der Waals surface area contributed by atoms with Crippen LogP contribution in [-0.4, -0.2) is 30.9 Å². The van der Waals surface area contributed by atoms with Crippen molar-refractivity contribution >= 4 is 11.6 Å². The molecule has 1 amide bonds. The lowest BCUT2D eigenvalue weighted by Gasteiger charge is -2.16. The van der Waals surface area contributed by atoms with Gasteiger partial charge in [-0.05, 0) is 31.0 Å². The maximum absolute atomic E-state index is 13.5. The number of carbonyl (C=O) groups excluding carboxylic acids is 1. The van der Waals surface area contributed by atoms with Gasteiger partial charge >= 0.3 is 0 Å². The Balaban J connectivity index is 2.27. The Morgan fingerprint density at radius 1 is 1.38 bits per heavy atom. The third-order valence-electron chi connectivity index (χ3n) is 2.88. The van der Waals surface area contributed by atoms with Crippen LogP contribution in [-0.2, 0) is 0 Å². The van der Waals surface area contributed by atoms with Gasteiger partial charge in [-0.2, -0.15) is 0 Å². The van der Waals surface area contributed by atoms with Gasteiger partial charge in [-0.1, -0.05) is 0 Å². The van der Waals surface area contributed by atoms with Gasteiger partial charge in [-0.25, -0.2) is 4.39 Å². The van der Waals surface area contributed by atoms with Crippen LogP contribution in [0.4, 0.5) is 10.1 Å². The lowest BCUT2D eigenvalue weighted by Crippen LogP contribution is -2.28. The molecule has 0 bridgehead atoms. The van der Waals surface area contributed by atoms with E-state index < -0.39 is 5.82 Å². The van der Waals surface area contributed by atoms with E-state index in [0.717, 1.165) is 31.6 Å². The molecule has 0 spiro atoms. The molecule has 0 radical (unpaired) electrons. The summed E-state index contributed by atoms with van der Waals surface area (Å²) >= 11 is 0. The second-order valence-corrected chi connectivity index (χ2v) is 3.94. The zero-order valence-corrected chi connectivity index (χ0v) is 9.29. The number of hydrogen-bond acceptors (Lipinski definition) is 2. The van der Waals surface area contributed by atoms with Gasteiger partial charge in [0.15, 0.2) is 0 Å². The molecule has 16 heavy (non-hydrogen) atoms. The van der Waals surface area contributed by atoms with Crippen molar-refractivity contribution in [1.82, 2.24) is 4.90 Å². The summed E-state index contributed by atoms with van der Waals surface area (Å²) in [6.45, 7) is 1.48. The summed E-state index contributed by atoms with van der Waals surface area (Å²) in [4.78, 5) is 13.7. The van der Waals surface area contributed by atoms with Gasteiger partial charge in [0, 0.05) is 25.8 Å². The van der Waals surface area contributed by atoms with E-state index in [2.05, 4.69) is 5.32 Å². The highest BCUT2D eigenvalue weighted by molar-refractivity contribution is 5.95. The molecule has 1 aliphatic heterocycles. The van der Waals surface area contributed by atoms with Crippen LogP contribution in [0.15, 0.2) is 18.2 Å². The number of likely N-dealkylation sites (tertiary alicyclic amines) is 1. The Kier molecular flexibility index (Phi) is 3.08. The van der Waals surface area contributed by atoms with Crippen LogP contribution in [0.5, 0.6) is 0 Å². The largest absolute Gasteiger partial charge is 0.388 e. The Hall–Kier alpha value is -1.58. The molecular weight excluding hydrogens is 207 g/mol. The fraction of sp³-hybridized carbons (Fsp3) is 0.417. The number of nitrogens with one attached hydrogen (secondary N) is 1. The molecular formula is C12H15FN2O. The van der Waals surface area contributed by atoms with Crippen LogP contribution in [0, 0.1) is 5.82 Å². The van der Waals surface area contributed by atoms with Crippen LogP contribution < -0.4 is 5.32 Å². The summed E-state index contributed by atoms with van der Waals surface area (Å²) in [5.74, 6) is -0.650. The van der Waals surface area contributed by atoms with Gasteiger partial charge in [0.1, 0.15) is 5.82 Å². The van der Waals surface area contributed by atoms with Crippen molar-refractivity contribution in [2.45, 2.75) is 12.8 Å². The van der Waals surface area contributed by atoms with E-state index in [1.54, 1.807) is 24.1 Å². The van der Waals surface area contributed by atoms with E-state index in [1.165, 1.54) is 6.07 Å². The van der Waals surface area contributed by atoms with Crippen molar-refractivity contribution in [2.24, 2.45) is 0 Å². The van der Waals surface area contributed by atoms with E-state index in [4.69, 9.17) is 0 Å². The molecule has 86 valence electrons. The first-order chi connectivity index (χ1) is 7.72. The quantitative estimate of drug-likeness (QED) is 0.831. The van der Waals surface area contributed by atoms with Crippen molar-refractivity contribution in [3.05, 3.63) is 29.6 Å². The van der Waals surface area contributed by atoms with E-state index in [1.807, 2.05) is 0 Å². The summed E-state index contributed by atoms with van der Waals surface area (Å²) in [5.41, 5.74) is 0.915. The molecule has 0 aromatic heterocycles. The fourth-order valence-corrected chi connectivity index (χ4v) is 1.94. The second kappa shape index (κ2) is 4.51. The lowest BCUT2D eigenvalue weighted by atomic mass is 10.1. The zero-order chi connectivity index (χ0) is 11.5. The Bertz CT molecular complexity index is 400. The van der Waals surface area contributed by atoms with Crippen LogP contribution in [0.2, 0.25) is 0 Å². The van der Waals surface area contributed by atoms with Gasteiger partial charge in [0.2, 0.25) is 0 Å². The highest BCUT2D eigenvalue weighted by Gasteiger charge is 2.22. The average molecular weight is 222 g/mol. The number of rotatable bonds is 2. The van der Waals surface area contributed by atoms with E-state index in [0.29, 0.717) is 0 Å². The first-order valence-electron chi connectivity index (χ1n) is 5.49. The topological polar surface area (TPSA) is 32.3 Å². The van der Waals surface area contributed by atoms with E-state index in [-0.39, 0.29) is 11.5 Å². The molecule has 1 aromatic rings. The summed E-state index contributed by atoms with van der Waals surface area (Å²) < 4.78 is 13.5. The number of anilines is 1. The van der Waals surface area contributed by atoms with Gasteiger partial charge < -0.3 is 10.2 Å². The van der Waals surface area contributed by atoms with Crippen LogP contribution in [0.25, 0.3) is 0 Å². The first-order valence-corrected chi connectivity index (χ1v) is 5.49. The highest BCUT2D eigenvalue weighted by Crippen LogP contribution is 2.18. The van der Waals surface area contributed by atoms with Crippen molar-refractivity contribution < 1.29 is 9.18 Å². The number of nitrogens with zero attached hydrogens (tertiary/aromatic N) is 1. The second-order valence-electron chi connectivity index (χ2n) is 3.94. The third kappa shape index (κ3) is 2.01. The van der Waals surface area contributed by atoms with Gasteiger partial charge in [0.05, 0.1) is 5.56 Å². The van der Waals surface area contributed by atoms with Crippen LogP contribution >= 0.6 is 0 Å². The number of benzene rings is 1. The molecule has 4 heteroatoms. The molecule has 1 N–H and O–H groups in total. The molecule has 1 aliphatic rings. The molecule has 0 unspecified atom stereocenters. The van der Waals surface area contributed by atoms with E-state index >= 15 is 0 Å². The molecule has 1 aromatic carbocycles. The molecule has 1 heterocycles. The maximum Gasteiger partial charge on any atom is 0.256 e. The van der Waals surface area contributed by atoms with Gasteiger partial charge in [-0.3, -0.25) is 4.79 Å². The standard InChI is InChI=1S/C12H15FN2O/c1-14-9-4-5-11(13)10(8-9)12(16)15-6-2-3-7-15/h4-5,8,14H,2-3,6-7H2,1H3.